The Kier molecular flexibility index (Phi) is 4.66. The Bertz CT molecular complexity index is 768. The molecule has 1 fully saturated rings. The molecule has 1 atom stereocenters. The van der Waals surface area contributed by atoms with E-state index in [4.69, 9.17) is 11.6 Å². The molecule has 2 aliphatic rings. The van der Waals surface area contributed by atoms with E-state index in [2.05, 4.69) is 11.0 Å². The molecule has 4 nitrogen and oxygen atoms in total. The predicted octanol–water partition coefficient (Wildman–Crippen LogP) is 4.07. The molecule has 1 aromatic carbocycles. The van der Waals surface area contributed by atoms with Gasteiger partial charge in [-0.15, -0.1) is 0 Å². The molecule has 6 heteroatoms. The molecule has 0 radical (unpaired) electrons. The molecule has 0 bridgehead atoms. The topological polar surface area (TPSA) is 40.6 Å². The summed E-state index contributed by atoms with van der Waals surface area (Å²) in [6.45, 7) is 11.0. The third kappa shape index (κ3) is 3.31. The van der Waals surface area contributed by atoms with E-state index in [1.807, 2.05) is 26.0 Å². The first-order valence-corrected chi connectivity index (χ1v) is 10.8. The Morgan fingerprint density at radius 1 is 1.24 bits per heavy atom. The van der Waals surface area contributed by atoms with Crippen LogP contribution in [0.2, 0.25) is 5.02 Å². The number of sulfonamides is 1. The average molecular weight is 385 g/mol. The van der Waals surface area contributed by atoms with Crippen molar-refractivity contribution in [3.05, 3.63) is 28.8 Å². The average Bonchev–Trinajstić information content (AvgIpc) is 2.81. The van der Waals surface area contributed by atoms with Crippen LogP contribution in [0.1, 0.15) is 53.0 Å². The van der Waals surface area contributed by atoms with Crippen LogP contribution in [0.4, 0.5) is 5.69 Å². The highest BCUT2D eigenvalue weighted by molar-refractivity contribution is 7.90. The van der Waals surface area contributed by atoms with Crippen molar-refractivity contribution < 1.29 is 8.42 Å². The van der Waals surface area contributed by atoms with Crippen LogP contribution in [0.3, 0.4) is 0 Å². The molecule has 0 spiro atoms. The van der Waals surface area contributed by atoms with E-state index in [1.54, 1.807) is 25.1 Å². The molecule has 140 valence electrons. The minimum Gasteiger partial charge on any atom is -0.367 e. The monoisotopic (exact) mass is 384 g/mol. The maximum absolute atomic E-state index is 13.1. The lowest BCUT2D eigenvalue weighted by molar-refractivity contribution is 0.284. The molecule has 0 aromatic heterocycles. The summed E-state index contributed by atoms with van der Waals surface area (Å²) in [5.74, 6) is 0. The summed E-state index contributed by atoms with van der Waals surface area (Å²) in [5.41, 5.74) is 2.11. The molecule has 0 amide bonds. The van der Waals surface area contributed by atoms with Crippen LogP contribution in [-0.4, -0.2) is 42.1 Å². The normalized spacial score (nSPS) is 24.4. The van der Waals surface area contributed by atoms with Crippen LogP contribution in [0.15, 0.2) is 18.2 Å². The molecule has 1 unspecified atom stereocenters. The maximum Gasteiger partial charge on any atom is 0.219 e. The number of benzene rings is 1. The van der Waals surface area contributed by atoms with Crippen molar-refractivity contribution in [2.24, 2.45) is 0 Å². The zero-order valence-electron chi connectivity index (χ0n) is 15.8. The molecule has 1 aromatic rings. The van der Waals surface area contributed by atoms with E-state index in [-0.39, 0.29) is 11.6 Å². The van der Waals surface area contributed by atoms with Gasteiger partial charge in [-0.2, -0.15) is 4.31 Å². The highest BCUT2D eigenvalue weighted by atomic mass is 35.5. The van der Waals surface area contributed by atoms with E-state index in [1.165, 1.54) is 11.3 Å². The Hall–Kier alpha value is -0.780. The smallest absolute Gasteiger partial charge is 0.219 e. The first-order chi connectivity index (χ1) is 11.4. The van der Waals surface area contributed by atoms with Gasteiger partial charge in [0, 0.05) is 35.4 Å². The Morgan fingerprint density at radius 2 is 1.92 bits per heavy atom. The van der Waals surface area contributed by atoms with Crippen molar-refractivity contribution in [3.63, 3.8) is 0 Å². The second-order valence-corrected chi connectivity index (χ2v) is 11.9. The van der Waals surface area contributed by atoms with E-state index < -0.39 is 14.8 Å². The fraction of sp³-hybridized carbons (Fsp3) is 0.684. The third-order valence-electron chi connectivity index (χ3n) is 5.49. The van der Waals surface area contributed by atoms with Gasteiger partial charge in [-0.25, -0.2) is 8.42 Å². The first kappa shape index (κ1) is 19.0. The molecule has 3 rings (SSSR count). The Morgan fingerprint density at radius 3 is 2.56 bits per heavy atom. The zero-order chi connectivity index (χ0) is 18.6. The van der Waals surface area contributed by atoms with Gasteiger partial charge in [0.15, 0.2) is 0 Å². The van der Waals surface area contributed by atoms with Gasteiger partial charge >= 0.3 is 0 Å². The standard InChI is InChI=1S/C19H29ClN2O2S/c1-18(2,3)25(23,24)22-13-16(12-19(22,4)5)21-10-6-7-14-11-15(20)8-9-17(14)21/h8-9,11,16H,6-7,10,12-13H2,1-5H3. The number of rotatable bonds is 2. The van der Waals surface area contributed by atoms with Crippen LogP contribution in [-0.2, 0) is 16.4 Å². The van der Waals surface area contributed by atoms with Gasteiger partial charge in [-0.3, -0.25) is 0 Å². The minimum absolute atomic E-state index is 0.201. The van der Waals surface area contributed by atoms with Crippen LogP contribution in [0, 0.1) is 0 Å². The molecular formula is C19H29ClN2O2S. The third-order valence-corrected chi connectivity index (χ3v) is 8.49. The van der Waals surface area contributed by atoms with Gasteiger partial charge in [-0.1, -0.05) is 11.6 Å². The van der Waals surface area contributed by atoms with Crippen molar-refractivity contribution in [1.29, 1.82) is 0 Å². The molecule has 25 heavy (non-hydrogen) atoms. The SMILES string of the molecule is CC1(C)CC(N2CCCc3cc(Cl)ccc32)CN1S(=O)(=O)C(C)(C)C. The summed E-state index contributed by atoms with van der Waals surface area (Å²) in [6.07, 6.45) is 2.95. The first-order valence-electron chi connectivity index (χ1n) is 9.01. The Labute approximate surface area is 157 Å². The van der Waals surface area contributed by atoms with Crippen molar-refractivity contribution in [2.45, 2.75) is 70.2 Å². The maximum atomic E-state index is 13.1. The van der Waals surface area contributed by atoms with Gasteiger partial charge in [0.25, 0.3) is 0 Å². The lowest BCUT2D eigenvalue weighted by Gasteiger charge is -2.36. The summed E-state index contributed by atoms with van der Waals surface area (Å²) in [4.78, 5) is 2.40. The second kappa shape index (κ2) is 6.14. The van der Waals surface area contributed by atoms with Gasteiger partial charge in [0.2, 0.25) is 10.0 Å². The fourth-order valence-corrected chi connectivity index (χ4v) is 6.07. The van der Waals surface area contributed by atoms with E-state index >= 15 is 0 Å². The van der Waals surface area contributed by atoms with Crippen LogP contribution in [0.25, 0.3) is 0 Å². The van der Waals surface area contributed by atoms with Crippen molar-refractivity contribution >= 4 is 27.3 Å². The summed E-state index contributed by atoms with van der Waals surface area (Å²) in [5, 5.41) is 0.768. The molecular weight excluding hydrogens is 356 g/mol. The summed E-state index contributed by atoms with van der Waals surface area (Å²) in [6, 6.07) is 6.27. The van der Waals surface area contributed by atoms with Gasteiger partial charge in [-0.05, 0) is 77.6 Å². The molecule has 1 saturated heterocycles. The largest absolute Gasteiger partial charge is 0.367 e. The molecule has 0 aliphatic carbocycles. The molecule has 0 saturated carbocycles. The lowest BCUT2D eigenvalue weighted by Crippen LogP contribution is -2.50. The van der Waals surface area contributed by atoms with Crippen LogP contribution >= 0.6 is 11.6 Å². The molecule has 2 heterocycles. The van der Waals surface area contributed by atoms with Crippen molar-refractivity contribution in [1.82, 2.24) is 4.31 Å². The fourth-order valence-electron chi connectivity index (χ4n) is 4.12. The number of anilines is 1. The van der Waals surface area contributed by atoms with Gasteiger partial charge in [0.1, 0.15) is 0 Å². The number of hydrogen-bond acceptors (Lipinski definition) is 3. The van der Waals surface area contributed by atoms with E-state index in [0.29, 0.717) is 6.54 Å². The summed E-state index contributed by atoms with van der Waals surface area (Å²) < 4.78 is 27.1. The summed E-state index contributed by atoms with van der Waals surface area (Å²) in [7, 11) is -3.35. The molecule has 0 N–H and O–H groups in total. The van der Waals surface area contributed by atoms with Gasteiger partial charge in [0.05, 0.1) is 4.75 Å². The van der Waals surface area contributed by atoms with Crippen LogP contribution in [0.5, 0.6) is 0 Å². The van der Waals surface area contributed by atoms with Crippen molar-refractivity contribution in [2.75, 3.05) is 18.0 Å². The van der Waals surface area contributed by atoms with E-state index in [9.17, 15) is 8.42 Å². The summed E-state index contributed by atoms with van der Waals surface area (Å²) >= 11 is 6.16. The molecule has 2 aliphatic heterocycles. The quantitative estimate of drug-likeness (QED) is 0.771. The predicted molar refractivity (Wildman–Crippen MR) is 105 cm³/mol. The lowest BCUT2D eigenvalue weighted by atomic mass is 9.96. The number of aryl methyl sites for hydroxylation is 1. The van der Waals surface area contributed by atoms with Crippen molar-refractivity contribution in [3.8, 4) is 0 Å². The number of nitrogens with zero attached hydrogens (tertiary/aromatic N) is 2. The second-order valence-electron chi connectivity index (χ2n) is 8.89. The number of halogens is 1. The highest BCUT2D eigenvalue weighted by Crippen LogP contribution is 2.40. The van der Waals surface area contributed by atoms with Crippen LogP contribution < -0.4 is 4.90 Å². The Balaban J connectivity index is 1.93. The highest BCUT2D eigenvalue weighted by Gasteiger charge is 2.50. The van der Waals surface area contributed by atoms with E-state index in [0.717, 1.165) is 30.8 Å². The van der Waals surface area contributed by atoms with Gasteiger partial charge < -0.3 is 4.90 Å². The minimum atomic E-state index is -3.35. The number of hydrogen-bond donors (Lipinski definition) is 0. The zero-order valence-corrected chi connectivity index (χ0v) is 17.4. The number of fused-ring (bicyclic) bond motifs is 1.